The van der Waals surface area contributed by atoms with E-state index in [0.717, 1.165) is 6.07 Å². The fourth-order valence-electron chi connectivity index (χ4n) is 3.76. The summed E-state index contributed by atoms with van der Waals surface area (Å²) < 4.78 is 19.6. The van der Waals surface area contributed by atoms with Gasteiger partial charge in [0.15, 0.2) is 5.43 Å². The van der Waals surface area contributed by atoms with Gasteiger partial charge in [0, 0.05) is 10.7 Å². The van der Waals surface area contributed by atoms with Crippen molar-refractivity contribution >= 4 is 34.2 Å². The Bertz CT molecular complexity index is 1320. The van der Waals surface area contributed by atoms with Crippen molar-refractivity contribution in [2.45, 2.75) is 6.04 Å². The summed E-state index contributed by atoms with van der Waals surface area (Å²) in [5, 5.41) is 0.641. The normalized spacial score (nSPS) is 15.7. The van der Waals surface area contributed by atoms with Crippen molar-refractivity contribution < 1.29 is 13.6 Å². The van der Waals surface area contributed by atoms with Gasteiger partial charge in [-0.1, -0.05) is 41.9 Å². The van der Waals surface area contributed by atoms with E-state index in [9.17, 15) is 14.0 Å². The number of fused-ring (bicyclic) bond motifs is 2. The minimum absolute atomic E-state index is 0.0297. The van der Waals surface area contributed by atoms with Crippen LogP contribution in [0.2, 0.25) is 5.02 Å². The number of hydrogen-bond donors (Lipinski definition) is 0. The number of rotatable bonds is 2. The van der Waals surface area contributed by atoms with Crippen LogP contribution in [0.15, 0.2) is 82.0 Å². The molecule has 0 spiro atoms. The molecule has 4 nitrogen and oxygen atoms in total. The number of benzene rings is 3. The summed E-state index contributed by atoms with van der Waals surface area (Å²) in [5.74, 6) is -0.996. The van der Waals surface area contributed by atoms with Gasteiger partial charge in [0.1, 0.15) is 11.4 Å². The Balaban J connectivity index is 1.83. The van der Waals surface area contributed by atoms with E-state index in [-0.39, 0.29) is 22.3 Å². The number of carbonyl (C=O) groups is 1. The summed E-state index contributed by atoms with van der Waals surface area (Å²) in [7, 11) is 0. The zero-order chi connectivity index (χ0) is 20.1. The third-order valence-corrected chi connectivity index (χ3v) is 5.30. The zero-order valence-corrected chi connectivity index (χ0v) is 15.7. The van der Waals surface area contributed by atoms with Crippen molar-refractivity contribution in [2.75, 3.05) is 4.90 Å². The lowest BCUT2D eigenvalue weighted by Gasteiger charge is -2.25. The minimum atomic E-state index is -0.707. The number of halogens is 2. The van der Waals surface area contributed by atoms with Crippen molar-refractivity contribution in [1.82, 2.24) is 0 Å². The number of anilines is 1. The van der Waals surface area contributed by atoms with E-state index in [1.807, 2.05) is 18.2 Å². The maximum absolute atomic E-state index is 13.8. The van der Waals surface area contributed by atoms with E-state index in [4.69, 9.17) is 16.0 Å². The van der Waals surface area contributed by atoms with Crippen LogP contribution in [-0.2, 0) is 0 Å². The second kappa shape index (κ2) is 6.57. The predicted molar refractivity (Wildman–Crippen MR) is 109 cm³/mol. The monoisotopic (exact) mass is 405 g/mol. The third-order valence-electron chi connectivity index (χ3n) is 5.05. The van der Waals surface area contributed by atoms with Crippen LogP contribution < -0.4 is 10.3 Å². The highest BCUT2D eigenvalue weighted by atomic mass is 35.5. The molecule has 4 aromatic rings. The predicted octanol–water partition coefficient (Wildman–Crippen LogP) is 5.34. The van der Waals surface area contributed by atoms with Crippen LogP contribution in [0.5, 0.6) is 0 Å². The molecule has 142 valence electrons. The average molecular weight is 406 g/mol. The molecule has 2 heterocycles. The first-order chi connectivity index (χ1) is 14.0. The van der Waals surface area contributed by atoms with Gasteiger partial charge in [-0.15, -0.1) is 0 Å². The SMILES string of the molecule is O=C1c2oc3ccc(F)cc3c(=O)c2C(c2ccc(Cl)cc2)N1c1ccccc1. The molecule has 3 aromatic carbocycles. The van der Waals surface area contributed by atoms with E-state index in [0.29, 0.717) is 16.3 Å². The molecule has 1 aliphatic heterocycles. The van der Waals surface area contributed by atoms with Crippen LogP contribution in [-0.4, -0.2) is 5.91 Å². The number of hydrogen-bond acceptors (Lipinski definition) is 3. The quantitative estimate of drug-likeness (QED) is 0.452. The van der Waals surface area contributed by atoms with Crippen molar-refractivity contribution in [1.29, 1.82) is 0 Å². The van der Waals surface area contributed by atoms with Crippen LogP contribution in [0, 0.1) is 5.82 Å². The molecular weight excluding hydrogens is 393 g/mol. The standard InChI is InChI=1S/C23H13ClFNO3/c24-14-8-6-13(7-9-14)20-19-21(27)17-12-15(25)10-11-18(17)29-22(19)23(28)26(20)16-4-2-1-3-5-16/h1-12,20H. The molecule has 0 N–H and O–H groups in total. The van der Waals surface area contributed by atoms with E-state index < -0.39 is 23.2 Å². The van der Waals surface area contributed by atoms with Crippen molar-refractivity contribution in [2.24, 2.45) is 0 Å². The summed E-state index contributed by atoms with van der Waals surface area (Å²) in [5.41, 5.74) is 1.27. The fourth-order valence-corrected chi connectivity index (χ4v) is 3.89. The first-order valence-electron chi connectivity index (χ1n) is 8.95. The van der Waals surface area contributed by atoms with Crippen LogP contribution in [0.25, 0.3) is 11.0 Å². The summed E-state index contributed by atoms with van der Waals surface area (Å²) in [6.07, 6.45) is 0. The van der Waals surface area contributed by atoms with Crippen molar-refractivity contribution in [3.05, 3.63) is 111 Å². The summed E-state index contributed by atoms with van der Waals surface area (Å²) in [4.78, 5) is 28.1. The van der Waals surface area contributed by atoms with Gasteiger partial charge in [-0.2, -0.15) is 0 Å². The average Bonchev–Trinajstić information content (AvgIpc) is 3.03. The highest BCUT2D eigenvalue weighted by molar-refractivity contribution is 6.30. The van der Waals surface area contributed by atoms with Gasteiger partial charge in [-0.05, 0) is 48.0 Å². The Labute approximate surface area is 169 Å². The minimum Gasteiger partial charge on any atom is -0.450 e. The second-order valence-corrected chi connectivity index (χ2v) is 7.22. The molecule has 1 aromatic heterocycles. The van der Waals surface area contributed by atoms with Gasteiger partial charge in [0.05, 0.1) is 17.0 Å². The fraction of sp³-hybridized carbons (Fsp3) is 0.0435. The first kappa shape index (κ1) is 17.6. The molecule has 0 saturated heterocycles. The van der Waals surface area contributed by atoms with Crippen molar-refractivity contribution in [3.63, 3.8) is 0 Å². The molecule has 1 aliphatic rings. The topological polar surface area (TPSA) is 50.5 Å². The molecule has 1 atom stereocenters. The molecule has 6 heteroatoms. The molecule has 0 bridgehead atoms. The van der Waals surface area contributed by atoms with Crippen LogP contribution >= 0.6 is 11.6 Å². The second-order valence-electron chi connectivity index (χ2n) is 6.78. The Morgan fingerprint density at radius 1 is 0.931 bits per heavy atom. The number of para-hydroxylation sites is 1. The Hall–Kier alpha value is -3.44. The molecule has 29 heavy (non-hydrogen) atoms. The van der Waals surface area contributed by atoms with Gasteiger partial charge < -0.3 is 4.42 Å². The molecule has 0 radical (unpaired) electrons. The lowest BCUT2D eigenvalue weighted by atomic mass is 9.98. The van der Waals surface area contributed by atoms with Gasteiger partial charge in [0.2, 0.25) is 5.76 Å². The zero-order valence-electron chi connectivity index (χ0n) is 14.9. The molecule has 5 rings (SSSR count). The van der Waals surface area contributed by atoms with Crippen LogP contribution in [0.4, 0.5) is 10.1 Å². The number of carbonyl (C=O) groups excluding carboxylic acids is 1. The Morgan fingerprint density at radius 3 is 2.38 bits per heavy atom. The molecule has 0 aliphatic carbocycles. The lowest BCUT2D eigenvalue weighted by molar-refractivity contribution is 0.0971. The van der Waals surface area contributed by atoms with Crippen LogP contribution in [0.1, 0.15) is 27.7 Å². The smallest absolute Gasteiger partial charge is 0.295 e. The third kappa shape index (κ3) is 2.74. The Kier molecular flexibility index (Phi) is 4.00. The highest BCUT2D eigenvalue weighted by Crippen LogP contribution is 2.41. The lowest BCUT2D eigenvalue weighted by Crippen LogP contribution is -2.29. The molecule has 0 saturated carbocycles. The van der Waals surface area contributed by atoms with Crippen molar-refractivity contribution in [3.8, 4) is 0 Å². The largest absolute Gasteiger partial charge is 0.450 e. The number of amides is 1. The Morgan fingerprint density at radius 2 is 1.66 bits per heavy atom. The molecular formula is C23H13ClFNO3. The van der Waals surface area contributed by atoms with Gasteiger partial charge in [0.25, 0.3) is 5.91 Å². The highest BCUT2D eigenvalue weighted by Gasteiger charge is 2.43. The molecule has 0 fully saturated rings. The van der Waals surface area contributed by atoms with E-state index in [1.54, 1.807) is 36.4 Å². The molecule has 1 unspecified atom stereocenters. The maximum Gasteiger partial charge on any atom is 0.295 e. The number of nitrogens with zero attached hydrogens (tertiary/aromatic N) is 1. The van der Waals surface area contributed by atoms with E-state index >= 15 is 0 Å². The maximum atomic E-state index is 13.8. The van der Waals surface area contributed by atoms with Gasteiger partial charge in [-0.25, -0.2) is 4.39 Å². The summed E-state index contributed by atoms with van der Waals surface area (Å²) >= 11 is 6.02. The molecule has 1 amide bonds. The van der Waals surface area contributed by atoms with Crippen LogP contribution in [0.3, 0.4) is 0 Å². The first-order valence-corrected chi connectivity index (χ1v) is 9.33. The van der Waals surface area contributed by atoms with E-state index in [1.165, 1.54) is 17.0 Å². The van der Waals surface area contributed by atoms with E-state index in [2.05, 4.69) is 0 Å². The summed E-state index contributed by atoms with van der Waals surface area (Å²) in [6, 6.07) is 19.0. The summed E-state index contributed by atoms with van der Waals surface area (Å²) in [6.45, 7) is 0. The van der Waals surface area contributed by atoms with Gasteiger partial charge >= 0.3 is 0 Å². The van der Waals surface area contributed by atoms with Gasteiger partial charge in [-0.3, -0.25) is 14.5 Å².